The molecule has 0 spiro atoms. The molecule has 0 aliphatic rings. The summed E-state index contributed by atoms with van der Waals surface area (Å²) in [6, 6.07) is 15.3. The van der Waals surface area contributed by atoms with Gasteiger partial charge in [0.1, 0.15) is 5.69 Å². The van der Waals surface area contributed by atoms with Crippen LogP contribution in [0.3, 0.4) is 0 Å². The van der Waals surface area contributed by atoms with Gasteiger partial charge in [-0.2, -0.15) is 0 Å². The summed E-state index contributed by atoms with van der Waals surface area (Å²) in [5.74, 6) is -0.426. The number of thiocarbonyl (C=S) groups is 1. The van der Waals surface area contributed by atoms with Crippen LogP contribution in [0.15, 0.2) is 60.7 Å². The molecule has 2 N–H and O–H groups in total. The summed E-state index contributed by atoms with van der Waals surface area (Å²) in [5.41, 5.74) is 0.971. The number of amides is 1. The van der Waals surface area contributed by atoms with Crippen molar-refractivity contribution in [3.63, 3.8) is 0 Å². The Morgan fingerprint density at radius 1 is 1.09 bits per heavy atom. The zero-order valence-corrected chi connectivity index (χ0v) is 12.7. The standard InChI is InChI=1S/C16H13N3O3S/c20-15(11-10-12-6-2-1-3-7-12)18-16(23)17-13-8-4-5-9-14(13)19(21)22/h1-11H,(H2,17,18,20,23)/b11-10+. The molecule has 6 nitrogen and oxygen atoms in total. The number of rotatable bonds is 4. The minimum atomic E-state index is -0.526. The zero-order valence-electron chi connectivity index (χ0n) is 11.9. The molecule has 2 aromatic carbocycles. The predicted molar refractivity (Wildman–Crippen MR) is 92.9 cm³/mol. The third-order valence-corrected chi connectivity index (χ3v) is 3.02. The molecular formula is C16H13N3O3S. The fourth-order valence-corrected chi connectivity index (χ4v) is 1.99. The number of nitrogens with zero attached hydrogens (tertiary/aromatic N) is 1. The van der Waals surface area contributed by atoms with Crippen molar-refractivity contribution < 1.29 is 9.72 Å². The van der Waals surface area contributed by atoms with E-state index in [1.54, 1.807) is 18.2 Å². The summed E-state index contributed by atoms with van der Waals surface area (Å²) in [7, 11) is 0. The molecule has 0 bridgehead atoms. The lowest BCUT2D eigenvalue weighted by molar-refractivity contribution is -0.383. The zero-order chi connectivity index (χ0) is 16.7. The maximum atomic E-state index is 11.8. The summed E-state index contributed by atoms with van der Waals surface area (Å²) < 4.78 is 0. The van der Waals surface area contributed by atoms with E-state index < -0.39 is 10.8 Å². The minimum Gasteiger partial charge on any atom is -0.327 e. The van der Waals surface area contributed by atoms with Crippen molar-refractivity contribution in [1.82, 2.24) is 5.32 Å². The Bertz CT molecular complexity index is 760. The van der Waals surface area contributed by atoms with E-state index >= 15 is 0 Å². The summed E-state index contributed by atoms with van der Waals surface area (Å²) in [6.45, 7) is 0. The van der Waals surface area contributed by atoms with Crippen LogP contribution in [0.5, 0.6) is 0 Å². The molecule has 1 amide bonds. The van der Waals surface area contributed by atoms with Crippen molar-refractivity contribution in [3.05, 3.63) is 76.4 Å². The topological polar surface area (TPSA) is 84.3 Å². The van der Waals surface area contributed by atoms with Gasteiger partial charge in [-0.25, -0.2) is 0 Å². The average molecular weight is 327 g/mol. The Morgan fingerprint density at radius 3 is 2.43 bits per heavy atom. The summed E-state index contributed by atoms with van der Waals surface area (Å²) in [4.78, 5) is 22.2. The van der Waals surface area contributed by atoms with Crippen LogP contribution in [0.4, 0.5) is 11.4 Å². The molecule has 0 aliphatic heterocycles. The normalized spacial score (nSPS) is 10.3. The number of nitro benzene ring substituents is 1. The number of para-hydroxylation sites is 2. The quantitative estimate of drug-likeness (QED) is 0.390. The smallest absolute Gasteiger partial charge is 0.292 e. The van der Waals surface area contributed by atoms with Crippen LogP contribution in [0, 0.1) is 10.1 Å². The van der Waals surface area contributed by atoms with Gasteiger partial charge in [-0.05, 0) is 29.9 Å². The number of anilines is 1. The molecule has 2 aromatic rings. The molecule has 0 atom stereocenters. The Morgan fingerprint density at radius 2 is 1.74 bits per heavy atom. The first-order valence-electron chi connectivity index (χ1n) is 6.65. The molecule has 0 fully saturated rings. The molecule has 0 aliphatic carbocycles. The Hall–Kier alpha value is -3.06. The molecular weight excluding hydrogens is 314 g/mol. The van der Waals surface area contributed by atoms with Crippen LogP contribution in [0.1, 0.15) is 5.56 Å². The number of benzene rings is 2. The number of carbonyl (C=O) groups is 1. The third kappa shape index (κ3) is 5.01. The van der Waals surface area contributed by atoms with Gasteiger partial charge in [-0.3, -0.25) is 20.2 Å². The Balaban J connectivity index is 1.96. The second kappa shape index (κ2) is 7.81. The number of hydrogen-bond acceptors (Lipinski definition) is 4. The lowest BCUT2D eigenvalue weighted by Gasteiger charge is -2.08. The maximum Gasteiger partial charge on any atom is 0.292 e. The van der Waals surface area contributed by atoms with Crippen LogP contribution < -0.4 is 10.6 Å². The van der Waals surface area contributed by atoms with Gasteiger partial charge in [0, 0.05) is 12.1 Å². The highest BCUT2D eigenvalue weighted by Gasteiger charge is 2.13. The Labute approximate surface area is 138 Å². The van der Waals surface area contributed by atoms with Crippen LogP contribution in [0.25, 0.3) is 6.08 Å². The van der Waals surface area contributed by atoms with Gasteiger partial charge in [0.2, 0.25) is 5.91 Å². The van der Waals surface area contributed by atoms with E-state index in [0.29, 0.717) is 0 Å². The van der Waals surface area contributed by atoms with E-state index in [4.69, 9.17) is 12.2 Å². The summed E-state index contributed by atoms with van der Waals surface area (Å²) >= 11 is 4.99. The first-order valence-corrected chi connectivity index (χ1v) is 7.05. The van der Waals surface area contributed by atoms with Crippen molar-refractivity contribution >= 4 is 40.7 Å². The highest BCUT2D eigenvalue weighted by Crippen LogP contribution is 2.22. The number of hydrogen-bond donors (Lipinski definition) is 2. The van der Waals surface area contributed by atoms with E-state index in [0.717, 1.165) is 5.56 Å². The van der Waals surface area contributed by atoms with E-state index in [1.165, 1.54) is 18.2 Å². The minimum absolute atomic E-state index is 0.0120. The maximum absolute atomic E-state index is 11.8. The molecule has 116 valence electrons. The van der Waals surface area contributed by atoms with Gasteiger partial charge in [0.25, 0.3) is 5.69 Å². The van der Waals surface area contributed by atoms with Gasteiger partial charge < -0.3 is 5.32 Å². The predicted octanol–water partition coefficient (Wildman–Crippen LogP) is 3.12. The van der Waals surface area contributed by atoms with Crippen molar-refractivity contribution in [2.45, 2.75) is 0 Å². The largest absolute Gasteiger partial charge is 0.327 e. The molecule has 0 heterocycles. The van der Waals surface area contributed by atoms with Crippen molar-refractivity contribution in [1.29, 1.82) is 0 Å². The van der Waals surface area contributed by atoms with Crippen molar-refractivity contribution in [2.24, 2.45) is 0 Å². The number of nitro groups is 1. The lowest BCUT2D eigenvalue weighted by Crippen LogP contribution is -2.33. The van der Waals surface area contributed by atoms with Gasteiger partial charge in [0.15, 0.2) is 5.11 Å². The average Bonchev–Trinajstić information content (AvgIpc) is 2.54. The van der Waals surface area contributed by atoms with E-state index in [2.05, 4.69) is 10.6 Å². The molecule has 0 radical (unpaired) electrons. The molecule has 0 saturated carbocycles. The van der Waals surface area contributed by atoms with Gasteiger partial charge in [-0.15, -0.1) is 0 Å². The van der Waals surface area contributed by atoms with Crippen LogP contribution in [-0.4, -0.2) is 15.9 Å². The Kier molecular flexibility index (Phi) is 5.54. The van der Waals surface area contributed by atoms with Crippen LogP contribution in [0.2, 0.25) is 0 Å². The lowest BCUT2D eigenvalue weighted by atomic mass is 10.2. The van der Waals surface area contributed by atoms with E-state index in [1.807, 2.05) is 30.3 Å². The molecule has 0 saturated heterocycles. The van der Waals surface area contributed by atoms with Crippen LogP contribution >= 0.6 is 12.2 Å². The first-order chi connectivity index (χ1) is 11.1. The van der Waals surface area contributed by atoms with Crippen molar-refractivity contribution in [2.75, 3.05) is 5.32 Å². The monoisotopic (exact) mass is 327 g/mol. The molecule has 0 aromatic heterocycles. The highest BCUT2D eigenvalue weighted by atomic mass is 32.1. The number of nitrogens with one attached hydrogen (secondary N) is 2. The molecule has 23 heavy (non-hydrogen) atoms. The second-order valence-electron chi connectivity index (χ2n) is 4.46. The molecule has 7 heteroatoms. The fraction of sp³-hybridized carbons (Fsp3) is 0. The van der Waals surface area contributed by atoms with Crippen LogP contribution in [-0.2, 0) is 4.79 Å². The summed E-state index contributed by atoms with van der Waals surface area (Å²) in [6.07, 6.45) is 2.98. The van der Waals surface area contributed by atoms with Gasteiger partial charge in [0.05, 0.1) is 4.92 Å². The third-order valence-electron chi connectivity index (χ3n) is 2.81. The summed E-state index contributed by atoms with van der Waals surface area (Å²) in [5, 5.41) is 16.0. The van der Waals surface area contributed by atoms with Gasteiger partial charge in [-0.1, -0.05) is 42.5 Å². The SMILES string of the molecule is O=C(/C=C/c1ccccc1)NC(=S)Nc1ccccc1[N+](=O)[O-]. The second-order valence-corrected chi connectivity index (χ2v) is 4.87. The fourth-order valence-electron chi connectivity index (χ4n) is 1.78. The first kappa shape index (κ1) is 16.3. The molecule has 0 unspecified atom stereocenters. The highest BCUT2D eigenvalue weighted by molar-refractivity contribution is 7.80. The number of carbonyl (C=O) groups excluding carboxylic acids is 1. The van der Waals surface area contributed by atoms with E-state index in [-0.39, 0.29) is 16.5 Å². The van der Waals surface area contributed by atoms with Crippen molar-refractivity contribution in [3.8, 4) is 0 Å². The molecule has 2 rings (SSSR count). The van der Waals surface area contributed by atoms with E-state index in [9.17, 15) is 14.9 Å². The van der Waals surface area contributed by atoms with Gasteiger partial charge >= 0.3 is 0 Å².